The van der Waals surface area contributed by atoms with E-state index in [1.165, 1.54) is 44.0 Å². The number of pyridine rings is 1. The molecule has 0 fully saturated rings. The second kappa shape index (κ2) is 12.9. The molecule has 1 atom stereocenters. The highest BCUT2D eigenvalue weighted by Gasteiger charge is 2.29. The number of carbonyl (C=O) groups is 3. The zero-order valence-electron chi connectivity index (χ0n) is 19.7. The van der Waals surface area contributed by atoms with Crippen LogP contribution < -0.4 is 14.8 Å². The van der Waals surface area contributed by atoms with Crippen LogP contribution in [0.3, 0.4) is 0 Å². The van der Waals surface area contributed by atoms with Crippen molar-refractivity contribution < 1.29 is 33.0 Å². The Labute approximate surface area is 202 Å². The maximum atomic E-state index is 14.8. The van der Waals surface area contributed by atoms with Crippen molar-refractivity contribution in [3.8, 4) is 11.6 Å². The van der Waals surface area contributed by atoms with Crippen molar-refractivity contribution in [2.24, 2.45) is 0 Å². The quantitative estimate of drug-likeness (QED) is 0.449. The molecule has 0 aliphatic rings. The van der Waals surface area contributed by atoms with Gasteiger partial charge in [0, 0.05) is 19.9 Å². The van der Waals surface area contributed by atoms with Gasteiger partial charge in [0.2, 0.25) is 5.91 Å². The second-order valence-electron chi connectivity index (χ2n) is 7.05. The molecule has 0 saturated carbocycles. The Balaban J connectivity index is 2.49. The molecule has 0 saturated heterocycles. The summed E-state index contributed by atoms with van der Waals surface area (Å²) in [7, 11) is 4.33. The van der Waals surface area contributed by atoms with Crippen LogP contribution in [0.1, 0.15) is 39.4 Å². The van der Waals surface area contributed by atoms with E-state index in [1.807, 2.05) is 13.2 Å². The number of nitrogens with zero attached hydrogens (tertiary/aromatic N) is 2. The molecule has 0 spiro atoms. The van der Waals surface area contributed by atoms with Gasteiger partial charge in [0.25, 0.3) is 11.8 Å². The lowest BCUT2D eigenvalue weighted by atomic mass is 10.0. The van der Waals surface area contributed by atoms with Crippen molar-refractivity contribution >= 4 is 35.5 Å². The smallest absolute Gasteiger partial charge is 0.257 e. The van der Waals surface area contributed by atoms with Gasteiger partial charge in [0.1, 0.15) is 12.4 Å². The molecular weight excluding hydrogens is 465 g/mol. The lowest BCUT2D eigenvalue weighted by molar-refractivity contribution is -0.119. The van der Waals surface area contributed by atoms with Gasteiger partial charge in [0.15, 0.2) is 12.0 Å². The largest absolute Gasteiger partial charge is 0.491 e. The van der Waals surface area contributed by atoms with Crippen LogP contribution in [0.4, 0.5) is 10.1 Å². The minimum atomic E-state index is -0.885. The van der Waals surface area contributed by atoms with Gasteiger partial charge in [-0.3, -0.25) is 14.4 Å². The molecule has 9 nitrogen and oxygen atoms in total. The van der Waals surface area contributed by atoms with Crippen molar-refractivity contribution in [1.29, 1.82) is 0 Å². The van der Waals surface area contributed by atoms with Crippen LogP contribution in [0.2, 0.25) is 0 Å². The number of thioether (sulfide) groups is 1. The lowest BCUT2D eigenvalue weighted by Crippen LogP contribution is -2.34. The highest BCUT2D eigenvalue weighted by molar-refractivity contribution is 7.98. The fourth-order valence-electron chi connectivity index (χ4n) is 3.25. The third kappa shape index (κ3) is 6.23. The minimum Gasteiger partial charge on any atom is -0.491 e. The van der Waals surface area contributed by atoms with E-state index in [1.54, 1.807) is 12.1 Å². The monoisotopic (exact) mass is 493 g/mol. The number of anilines is 1. The van der Waals surface area contributed by atoms with E-state index in [2.05, 4.69) is 10.3 Å². The number of rotatable bonds is 12. The van der Waals surface area contributed by atoms with Crippen LogP contribution in [0.5, 0.6) is 11.6 Å². The van der Waals surface area contributed by atoms with Crippen LogP contribution in [0.15, 0.2) is 24.3 Å². The first-order valence-corrected chi connectivity index (χ1v) is 11.7. The summed E-state index contributed by atoms with van der Waals surface area (Å²) < 4.78 is 30.4. The molecule has 0 aliphatic heterocycles. The molecule has 11 heteroatoms. The summed E-state index contributed by atoms with van der Waals surface area (Å²) in [4.78, 5) is 43.0. The van der Waals surface area contributed by atoms with E-state index < -0.39 is 29.2 Å². The number of aldehydes is 1. The van der Waals surface area contributed by atoms with Gasteiger partial charge in [-0.05, 0) is 37.4 Å². The summed E-state index contributed by atoms with van der Waals surface area (Å²) in [6, 6.07) is 5.06. The van der Waals surface area contributed by atoms with Gasteiger partial charge < -0.3 is 24.4 Å². The van der Waals surface area contributed by atoms with Gasteiger partial charge in [-0.15, -0.1) is 0 Å². The molecule has 0 radical (unpaired) electrons. The van der Waals surface area contributed by atoms with E-state index in [9.17, 15) is 18.8 Å². The third-order valence-corrected chi connectivity index (χ3v) is 5.53. The Kier molecular flexibility index (Phi) is 10.3. The number of ether oxygens (including phenoxy) is 3. The fourth-order valence-corrected chi connectivity index (χ4v) is 3.96. The first-order chi connectivity index (χ1) is 16.3. The maximum absolute atomic E-state index is 14.8. The topological polar surface area (TPSA) is 107 Å². The number of hydrogen-bond acceptors (Lipinski definition) is 8. The molecule has 1 aromatic carbocycles. The molecule has 0 aliphatic carbocycles. The van der Waals surface area contributed by atoms with Crippen molar-refractivity contribution in [2.45, 2.75) is 13.0 Å². The molecule has 2 rings (SSSR count). The van der Waals surface area contributed by atoms with Crippen molar-refractivity contribution in [3.05, 3.63) is 46.9 Å². The number of methoxy groups -OCH3 is 2. The zero-order chi connectivity index (χ0) is 25.3. The highest BCUT2D eigenvalue weighted by Crippen LogP contribution is 2.31. The van der Waals surface area contributed by atoms with Crippen LogP contribution in [0, 0.1) is 5.82 Å². The van der Waals surface area contributed by atoms with E-state index in [0.29, 0.717) is 30.1 Å². The Morgan fingerprint density at radius 2 is 2.00 bits per heavy atom. The molecule has 2 aromatic rings. The fraction of sp³-hybridized carbons (Fsp3) is 0.391. The average Bonchev–Trinajstić information content (AvgIpc) is 2.82. The van der Waals surface area contributed by atoms with Gasteiger partial charge >= 0.3 is 0 Å². The molecule has 0 bridgehead atoms. The molecular formula is C23H28FN3O6S. The highest BCUT2D eigenvalue weighted by atomic mass is 32.2. The molecule has 34 heavy (non-hydrogen) atoms. The Morgan fingerprint density at radius 3 is 2.59 bits per heavy atom. The zero-order valence-corrected chi connectivity index (χ0v) is 20.5. The van der Waals surface area contributed by atoms with E-state index >= 15 is 0 Å². The summed E-state index contributed by atoms with van der Waals surface area (Å²) in [5.41, 5.74) is -0.191. The number of carbonyl (C=O) groups excluding carboxylic acids is 3. The van der Waals surface area contributed by atoms with Gasteiger partial charge in [-0.25, -0.2) is 9.37 Å². The van der Waals surface area contributed by atoms with Crippen LogP contribution in [0.25, 0.3) is 0 Å². The minimum absolute atomic E-state index is 0.0119. The first-order valence-electron chi connectivity index (χ1n) is 10.3. The number of hydrogen-bond donors (Lipinski definition) is 1. The summed E-state index contributed by atoms with van der Waals surface area (Å²) in [5.74, 6) is -1.01. The lowest BCUT2D eigenvalue weighted by Gasteiger charge is -2.28. The maximum Gasteiger partial charge on any atom is 0.257 e. The van der Waals surface area contributed by atoms with Crippen molar-refractivity contribution in [3.63, 3.8) is 0 Å². The third-order valence-electron chi connectivity index (χ3n) is 4.88. The SMILES string of the molecule is CCOc1nc(C(CSC)N(C)C(=O)c2c(F)ccc(NC(=O)COC)c2C=O)ccc1OC. The predicted molar refractivity (Wildman–Crippen MR) is 127 cm³/mol. The van der Waals surface area contributed by atoms with Crippen molar-refractivity contribution in [1.82, 2.24) is 9.88 Å². The molecule has 2 amide bonds. The average molecular weight is 494 g/mol. The number of aromatic nitrogens is 1. The molecule has 1 aromatic heterocycles. The molecule has 1 heterocycles. The summed E-state index contributed by atoms with van der Waals surface area (Å²) >= 11 is 1.47. The Hall–Kier alpha value is -3.18. The van der Waals surface area contributed by atoms with Crippen LogP contribution >= 0.6 is 11.8 Å². The molecule has 1 unspecified atom stereocenters. The summed E-state index contributed by atoms with van der Waals surface area (Å²) in [6.07, 6.45) is 2.21. The standard InChI is InChI=1S/C23H28FN3O6S/c1-6-33-22-19(32-4)10-9-17(26-22)18(13-34-5)27(2)23(30)21-14(11-28)16(8-7-15(21)24)25-20(29)12-31-3/h7-11,18H,6,12-13H2,1-5H3,(H,25,29). The van der Waals surface area contributed by atoms with Crippen LogP contribution in [-0.4, -0.2) is 74.5 Å². The van der Waals surface area contributed by atoms with Gasteiger partial charge in [-0.2, -0.15) is 11.8 Å². The number of nitrogens with one attached hydrogen (secondary N) is 1. The number of amides is 2. The molecule has 1 N–H and O–H groups in total. The summed E-state index contributed by atoms with van der Waals surface area (Å²) in [6.45, 7) is 1.91. The first kappa shape index (κ1) is 27.1. The van der Waals surface area contributed by atoms with Gasteiger partial charge in [0.05, 0.1) is 42.3 Å². The number of benzene rings is 1. The Morgan fingerprint density at radius 1 is 1.26 bits per heavy atom. The second-order valence-corrected chi connectivity index (χ2v) is 7.96. The van der Waals surface area contributed by atoms with E-state index in [0.717, 1.165) is 6.07 Å². The van der Waals surface area contributed by atoms with E-state index in [4.69, 9.17) is 14.2 Å². The van der Waals surface area contributed by atoms with Crippen molar-refractivity contribution in [2.75, 3.05) is 51.8 Å². The normalized spacial score (nSPS) is 11.5. The predicted octanol–water partition coefficient (Wildman–Crippen LogP) is 3.20. The van der Waals surface area contributed by atoms with Crippen LogP contribution in [-0.2, 0) is 9.53 Å². The van der Waals surface area contributed by atoms with E-state index in [-0.39, 0.29) is 23.7 Å². The summed E-state index contributed by atoms with van der Waals surface area (Å²) in [5, 5.41) is 2.46. The molecule has 184 valence electrons. The van der Waals surface area contributed by atoms with Gasteiger partial charge in [-0.1, -0.05) is 0 Å². The number of halogens is 1. The Bertz CT molecular complexity index is 1040.